The summed E-state index contributed by atoms with van der Waals surface area (Å²) in [7, 11) is -4.65. The fraction of sp³-hybridized carbons (Fsp3) is 0.278. The van der Waals surface area contributed by atoms with E-state index >= 15 is 0 Å². The Morgan fingerprint density at radius 3 is 2.73 bits per heavy atom. The van der Waals surface area contributed by atoms with Crippen LogP contribution < -0.4 is 0 Å². The summed E-state index contributed by atoms with van der Waals surface area (Å²) in [4.78, 5) is 13.0. The average Bonchev–Trinajstić information content (AvgIpc) is 3.02. The SMILES string of the molecule is CCOC(=O)c1sc(S(C)=NS(=O)(=O)c2ccccc2)c2c1CCC=C2. The first-order chi connectivity index (χ1) is 12.4. The summed E-state index contributed by atoms with van der Waals surface area (Å²) >= 11 is 1.30. The van der Waals surface area contributed by atoms with Gasteiger partial charge in [-0.3, -0.25) is 0 Å². The van der Waals surface area contributed by atoms with Gasteiger partial charge in [0.05, 0.1) is 15.7 Å². The second-order valence-corrected chi connectivity index (χ2v) is 10.3. The Morgan fingerprint density at radius 1 is 1.31 bits per heavy atom. The van der Waals surface area contributed by atoms with Gasteiger partial charge in [-0.15, -0.1) is 15.1 Å². The summed E-state index contributed by atoms with van der Waals surface area (Å²) in [5, 5.41) is 0. The first-order valence-electron chi connectivity index (χ1n) is 8.12. The van der Waals surface area contributed by atoms with Crippen molar-refractivity contribution in [2.75, 3.05) is 12.9 Å². The lowest BCUT2D eigenvalue weighted by Gasteiger charge is -2.09. The number of esters is 1. The van der Waals surface area contributed by atoms with Crippen molar-refractivity contribution in [2.24, 2.45) is 3.77 Å². The highest BCUT2D eigenvalue weighted by atomic mass is 32.3. The van der Waals surface area contributed by atoms with E-state index in [1.54, 1.807) is 31.4 Å². The standard InChI is InChI=1S/C18H19NO4S3/c1-3-23-17(20)16-14-11-7-8-12-15(14)18(24-16)25(2)19-26(21,22)13-9-5-4-6-10-13/h4-6,8-10,12H,3,7,11H2,1-2H3. The van der Waals surface area contributed by atoms with E-state index in [-0.39, 0.29) is 10.9 Å². The molecule has 5 nitrogen and oxygen atoms in total. The van der Waals surface area contributed by atoms with Crippen LogP contribution in [0.3, 0.4) is 0 Å². The Labute approximate surface area is 159 Å². The fourth-order valence-corrected chi connectivity index (χ4v) is 7.47. The number of benzene rings is 1. The zero-order chi connectivity index (χ0) is 18.7. The zero-order valence-corrected chi connectivity index (χ0v) is 16.9. The van der Waals surface area contributed by atoms with Crippen LogP contribution in [-0.2, 0) is 31.9 Å². The summed E-state index contributed by atoms with van der Waals surface area (Å²) in [5.41, 5.74) is 1.86. The van der Waals surface area contributed by atoms with Crippen molar-refractivity contribution in [3.8, 4) is 0 Å². The van der Waals surface area contributed by atoms with Crippen LogP contribution in [0.25, 0.3) is 6.08 Å². The van der Waals surface area contributed by atoms with E-state index in [0.29, 0.717) is 11.5 Å². The number of hydrogen-bond acceptors (Lipinski definition) is 5. The monoisotopic (exact) mass is 409 g/mol. The third-order valence-corrected chi connectivity index (χ3v) is 9.14. The zero-order valence-electron chi connectivity index (χ0n) is 14.5. The van der Waals surface area contributed by atoms with Crippen molar-refractivity contribution in [3.63, 3.8) is 0 Å². The molecule has 0 radical (unpaired) electrons. The molecular formula is C18H19NO4S3. The number of thiophene rings is 1. The lowest BCUT2D eigenvalue weighted by Crippen LogP contribution is -2.06. The molecule has 1 aromatic carbocycles. The molecule has 138 valence electrons. The van der Waals surface area contributed by atoms with Crippen molar-refractivity contribution in [3.05, 3.63) is 52.4 Å². The van der Waals surface area contributed by atoms with Gasteiger partial charge in [0.1, 0.15) is 4.88 Å². The number of carbonyl (C=O) groups is 1. The molecule has 1 heterocycles. The predicted molar refractivity (Wildman–Crippen MR) is 105 cm³/mol. The minimum Gasteiger partial charge on any atom is -0.462 e. The molecule has 0 amide bonds. The van der Waals surface area contributed by atoms with Crippen molar-refractivity contribution in [1.82, 2.24) is 0 Å². The molecule has 0 saturated carbocycles. The third kappa shape index (κ3) is 3.82. The van der Waals surface area contributed by atoms with Crippen molar-refractivity contribution >= 4 is 44.1 Å². The van der Waals surface area contributed by atoms with E-state index in [0.717, 1.165) is 28.2 Å². The molecule has 2 aromatic rings. The van der Waals surface area contributed by atoms with E-state index < -0.39 is 20.7 Å². The quantitative estimate of drug-likeness (QED) is 0.698. The smallest absolute Gasteiger partial charge is 0.348 e. The van der Waals surface area contributed by atoms with Gasteiger partial charge in [0, 0.05) is 5.56 Å². The molecule has 1 aromatic heterocycles. The largest absolute Gasteiger partial charge is 0.462 e. The van der Waals surface area contributed by atoms with Gasteiger partial charge in [0.15, 0.2) is 0 Å². The number of ether oxygens (including phenoxy) is 1. The van der Waals surface area contributed by atoms with Crippen LogP contribution in [0, 0.1) is 0 Å². The van der Waals surface area contributed by atoms with Gasteiger partial charge >= 0.3 is 5.97 Å². The van der Waals surface area contributed by atoms with Crippen LogP contribution in [-0.4, -0.2) is 27.2 Å². The molecule has 0 aliphatic heterocycles. The number of nitrogens with zero attached hydrogens (tertiary/aromatic N) is 1. The molecule has 3 rings (SSSR count). The van der Waals surface area contributed by atoms with Crippen LogP contribution in [0.15, 0.2) is 49.3 Å². The minimum atomic E-state index is -3.75. The lowest BCUT2D eigenvalue weighted by atomic mass is 10.00. The fourth-order valence-electron chi connectivity index (χ4n) is 2.70. The lowest BCUT2D eigenvalue weighted by molar-refractivity contribution is 0.0531. The van der Waals surface area contributed by atoms with Gasteiger partial charge in [-0.05, 0) is 54.4 Å². The minimum absolute atomic E-state index is 0.172. The van der Waals surface area contributed by atoms with Gasteiger partial charge in [-0.2, -0.15) is 8.42 Å². The summed E-state index contributed by atoms with van der Waals surface area (Å²) < 4.78 is 35.2. The van der Waals surface area contributed by atoms with Crippen molar-refractivity contribution in [1.29, 1.82) is 0 Å². The molecule has 1 aliphatic rings. The van der Waals surface area contributed by atoms with E-state index in [1.165, 1.54) is 23.5 Å². The Hall–Kier alpha value is -1.77. The normalized spacial score (nSPS) is 14.8. The Balaban J connectivity index is 2.07. The van der Waals surface area contributed by atoms with Crippen molar-refractivity contribution in [2.45, 2.75) is 28.9 Å². The maximum Gasteiger partial charge on any atom is 0.348 e. The maximum atomic E-state index is 12.6. The molecule has 8 heteroatoms. The maximum absolute atomic E-state index is 12.6. The second kappa shape index (κ2) is 7.85. The van der Waals surface area contributed by atoms with Gasteiger partial charge in [-0.25, -0.2) is 4.79 Å². The van der Waals surface area contributed by atoms with Crippen molar-refractivity contribution < 1.29 is 17.9 Å². The number of fused-ring (bicyclic) bond motifs is 1. The molecule has 1 atom stereocenters. The summed E-state index contributed by atoms with van der Waals surface area (Å²) in [6, 6.07) is 8.17. The van der Waals surface area contributed by atoms with E-state index in [9.17, 15) is 13.2 Å². The van der Waals surface area contributed by atoms with Crippen LogP contribution in [0.1, 0.15) is 34.1 Å². The van der Waals surface area contributed by atoms with E-state index in [2.05, 4.69) is 3.77 Å². The highest BCUT2D eigenvalue weighted by Gasteiger charge is 2.25. The van der Waals surface area contributed by atoms with Crippen LogP contribution >= 0.6 is 11.3 Å². The van der Waals surface area contributed by atoms with Gasteiger partial charge in [0.25, 0.3) is 10.0 Å². The molecule has 0 fully saturated rings. The van der Waals surface area contributed by atoms with Gasteiger partial charge in [-0.1, -0.05) is 30.4 Å². The van der Waals surface area contributed by atoms with E-state index in [1.807, 2.05) is 12.2 Å². The molecule has 0 saturated heterocycles. The average molecular weight is 410 g/mol. The Morgan fingerprint density at radius 2 is 2.04 bits per heavy atom. The number of allylic oxidation sites excluding steroid dienone is 1. The highest BCUT2D eigenvalue weighted by Crippen LogP contribution is 2.37. The molecule has 0 bridgehead atoms. The van der Waals surface area contributed by atoms with Crippen LogP contribution in [0.4, 0.5) is 0 Å². The molecular weight excluding hydrogens is 390 g/mol. The molecule has 1 aliphatic carbocycles. The molecule has 26 heavy (non-hydrogen) atoms. The number of rotatable bonds is 5. The first kappa shape index (κ1) is 19.0. The Bertz CT molecular complexity index is 989. The Kier molecular flexibility index (Phi) is 5.74. The number of sulfonamides is 1. The van der Waals surface area contributed by atoms with Gasteiger partial charge in [0.2, 0.25) is 0 Å². The molecule has 0 spiro atoms. The van der Waals surface area contributed by atoms with Crippen LogP contribution in [0.5, 0.6) is 0 Å². The highest BCUT2D eigenvalue weighted by molar-refractivity contribution is 8.00. The first-order valence-corrected chi connectivity index (χ1v) is 12.0. The number of carbonyl (C=O) groups excluding carboxylic acids is 1. The van der Waals surface area contributed by atoms with Gasteiger partial charge < -0.3 is 4.74 Å². The number of hydrogen-bond donors (Lipinski definition) is 0. The topological polar surface area (TPSA) is 72.8 Å². The van der Waals surface area contributed by atoms with Crippen LogP contribution in [0.2, 0.25) is 0 Å². The summed E-state index contributed by atoms with van der Waals surface area (Å²) in [6.45, 7) is 2.08. The van der Waals surface area contributed by atoms with E-state index in [4.69, 9.17) is 4.74 Å². The molecule has 1 unspecified atom stereocenters. The predicted octanol–water partition coefficient (Wildman–Crippen LogP) is 4.06. The summed E-state index contributed by atoms with van der Waals surface area (Å²) in [5.74, 6) is -0.349. The summed E-state index contributed by atoms with van der Waals surface area (Å²) in [6.07, 6.45) is 7.37. The second-order valence-electron chi connectivity index (χ2n) is 5.61. The third-order valence-electron chi connectivity index (χ3n) is 3.84. The molecule has 0 N–H and O–H groups in total.